The topological polar surface area (TPSA) is 60.9 Å². The van der Waals surface area contributed by atoms with Gasteiger partial charge in [-0.05, 0) is 61.6 Å². The highest BCUT2D eigenvalue weighted by Crippen LogP contribution is 2.31. The summed E-state index contributed by atoms with van der Waals surface area (Å²) >= 11 is 6.18. The molecule has 0 atom stereocenters. The van der Waals surface area contributed by atoms with E-state index in [2.05, 4.69) is 0 Å². The van der Waals surface area contributed by atoms with Crippen LogP contribution in [0.15, 0.2) is 42.5 Å². The smallest absolute Gasteiger partial charge is 0.254 e. The summed E-state index contributed by atoms with van der Waals surface area (Å²) in [4.78, 5) is 42.9. The predicted octanol–water partition coefficient (Wildman–Crippen LogP) is 3.47. The quantitative estimate of drug-likeness (QED) is 0.686. The van der Waals surface area contributed by atoms with E-state index in [1.807, 2.05) is 6.92 Å². The first-order chi connectivity index (χ1) is 14.8. The van der Waals surface area contributed by atoms with E-state index in [0.29, 0.717) is 23.2 Å². The molecule has 162 valence electrons. The van der Waals surface area contributed by atoms with Gasteiger partial charge in [-0.15, -0.1) is 0 Å². The van der Waals surface area contributed by atoms with Gasteiger partial charge in [0.1, 0.15) is 25.6 Å². The molecule has 3 amide bonds. The molecule has 2 aliphatic rings. The van der Waals surface area contributed by atoms with Crippen molar-refractivity contribution in [1.29, 1.82) is 0 Å². The van der Waals surface area contributed by atoms with Crippen LogP contribution >= 0.6 is 11.6 Å². The monoisotopic (exact) mass is 443 g/mol. The van der Waals surface area contributed by atoms with E-state index >= 15 is 0 Å². The molecule has 0 spiro atoms. The molecule has 0 aromatic heterocycles. The number of hydrogen-bond acceptors (Lipinski definition) is 3. The molecule has 1 aliphatic heterocycles. The molecule has 8 heteroatoms. The first kappa shape index (κ1) is 21.3. The molecule has 2 fully saturated rings. The van der Waals surface area contributed by atoms with Crippen molar-refractivity contribution >= 4 is 35.0 Å². The molecule has 31 heavy (non-hydrogen) atoms. The molecule has 2 aromatic carbocycles. The largest absolute Gasteiger partial charge is 0.329 e. The summed E-state index contributed by atoms with van der Waals surface area (Å²) < 4.78 is 13.6. The summed E-state index contributed by atoms with van der Waals surface area (Å²) in [5.41, 5.74) is 1.64. The number of anilines is 1. The second-order valence-electron chi connectivity index (χ2n) is 8.08. The highest BCUT2D eigenvalue weighted by atomic mass is 35.5. The molecule has 4 rings (SSSR count). The SMILES string of the molecule is Cc1c(Cl)cccc1N1CN(C(=O)CN(CC2CC2)C(=O)c2cccc(F)c2)CC1=O. The number of carbonyl (C=O) groups is 3. The Labute approximate surface area is 185 Å². The van der Waals surface area contributed by atoms with Crippen molar-refractivity contribution < 1.29 is 18.8 Å². The molecule has 0 bridgehead atoms. The van der Waals surface area contributed by atoms with Crippen molar-refractivity contribution in [3.05, 3.63) is 64.4 Å². The molecular formula is C23H23ClFN3O3. The standard InChI is InChI=1S/C23H23ClFN3O3/c1-15-19(24)6-3-7-20(15)28-14-27(13-22(28)30)21(29)12-26(11-16-8-9-16)23(31)17-4-2-5-18(25)10-17/h2-7,10,16H,8-9,11-14H2,1H3. The van der Waals surface area contributed by atoms with Crippen LogP contribution in [0.2, 0.25) is 5.02 Å². The van der Waals surface area contributed by atoms with Gasteiger partial charge in [0.25, 0.3) is 5.91 Å². The molecule has 1 heterocycles. The zero-order valence-corrected chi connectivity index (χ0v) is 17.9. The van der Waals surface area contributed by atoms with Crippen molar-refractivity contribution in [2.24, 2.45) is 5.92 Å². The third-order valence-corrected chi connectivity index (χ3v) is 6.09. The van der Waals surface area contributed by atoms with Gasteiger partial charge in [0, 0.05) is 22.8 Å². The Kier molecular flexibility index (Phi) is 5.96. The molecule has 2 aromatic rings. The van der Waals surface area contributed by atoms with E-state index in [1.54, 1.807) is 24.3 Å². The fourth-order valence-electron chi connectivity index (χ4n) is 3.71. The van der Waals surface area contributed by atoms with Gasteiger partial charge in [-0.1, -0.05) is 23.7 Å². The number of amides is 3. The van der Waals surface area contributed by atoms with E-state index in [9.17, 15) is 18.8 Å². The number of hydrogen-bond donors (Lipinski definition) is 0. The van der Waals surface area contributed by atoms with Crippen molar-refractivity contribution in [2.45, 2.75) is 19.8 Å². The zero-order valence-electron chi connectivity index (χ0n) is 17.2. The number of halogens is 2. The van der Waals surface area contributed by atoms with E-state index in [-0.39, 0.29) is 43.0 Å². The van der Waals surface area contributed by atoms with Crippen LogP contribution in [0, 0.1) is 18.7 Å². The maximum Gasteiger partial charge on any atom is 0.254 e. The average molecular weight is 444 g/mol. The van der Waals surface area contributed by atoms with Crippen LogP contribution in [0.1, 0.15) is 28.8 Å². The molecule has 0 N–H and O–H groups in total. The second-order valence-corrected chi connectivity index (χ2v) is 8.49. The minimum absolute atomic E-state index is 0.0593. The Bertz CT molecular complexity index is 1040. The Balaban J connectivity index is 1.48. The Hall–Kier alpha value is -2.93. The van der Waals surface area contributed by atoms with Crippen LogP contribution in [0.3, 0.4) is 0 Å². The molecule has 0 radical (unpaired) electrons. The van der Waals surface area contributed by atoms with E-state index < -0.39 is 5.82 Å². The predicted molar refractivity (Wildman–Crippen MR) is 115 cm³/mol. The van der Waals surface area contributed by atoms with E-state index in [0.717, 1.165) is 18.4 Å². The lowest BCUT2D eigenvalue weighted by molar-refractivity contribution is -0.132. The summed E-state index contributed by atoms with van der Waals surface area (Å²) in [6.07, 6.45) is 2.01. The average Bonchev–Trinajstić information content (AvgIpc) is 3.48. The number of rotatable bonds is 6. The van der Waals surface area contributed by atoms with Crippen molar-refractivity contribution in [2.75, 3.05) is 31.2 Å². The van der Waals surface area contributed by atoms with Gasteiger partial charge in [-0.3, -0.25) is 19.3 Å². The van der Waals surface area contributed by atoms with Crippen LogP contribution in [-0.4, -0.2) is 53.8 Å². The van der Waals surface area contributed by atoms with Gasteiger partial charge < -0.3 is 9.80 Å². The third-order valence-electron chi connectivity index (χ3n) is 5.68. The van der Waals surface area contributed by atoms with Gasteiger partial charge in [-0.25, -0.2) is 4.39 Å². The summed E-state index contributed by atoms with van der Waals surface area (Å²) in [5.74, 6) is -1.05. The number of benzene rings is 2. The van der Waals surface area contributed by atoms with Gasteiger partial charge in [0.05, 0.1) is 0 Å². The first-order valence-corrected chi connectivity index (χ1v) is 10.6. The minimum Gasteiger partial charge on any atom is -0.329 e. The molecule has 0 unspecified atom stereocenters. The highest BCUT2D eigenvalue weighted by Gasteiger charge is 2.35. The van der Waals surface area contributed by atoms with Crippen LogP contribution in [-0.2, 0) is 9.59 Å². The zero-order chi connectivity index (χ0) is 22.1. The first-order valence-electron chi connectivity index (χ1n) is 10.2. The van der Waals surface area contributed by atoms with Crippen molar-refractivity contribution in [3.63, 3.8) is 0 Å². The Morgan fingerprint density at radius 2 is 1.94 bits per heavy atom. The highest BCUT2D eigenvalue weighted by molar-refractivity contribution is 6.31. The molecule has 6 nitrogen and oxygen atoms in total. The lowest BCUT2D eigenvalue weighted by Gasteiger charge is -2.25. The van der Waals surface area contributed by atoms with Gasteiger partial charge in [0.15, 0.2) is 0 Å². The van der Waals surface area contributed by atoms with Gasteiger partial charge >= 0.3 is 0 Å². The lowest BCUT2D eigenvalue weighted by atomic mass is 10.2. The number of carbonyl (C=O) groups excluding carboxylic acids is 3. The van der Waals surface area contributed by atoms with Gasteiger partial charge in [0.2, 0.25) is 11.8 Å². The normalized spacial score (nSPS) is 16.0. The minimum atomic E-state index is -0.499. The maximum absolute atomic E-state index is 13.6. The van der Waals surface area contributed by atoms with Crippen LogP contribution in [0.4, 0.5) is 10.1 Å². The van der Waals surface area contributed by atoms with Crippen LogP contribution < -0.4 is 4.90 Å². The lowest BCUT2D eigenvalue weighted by Crippen LogP contribution is -2.43. The molecule has 1 saturated heterocycles. The summed E-state index contributed by atoms with van der Waals surface area (Å²) in [5, 5.41) is 0.548. The third kappa shape index (κ3) is 4.71. The maximum atomic E-state index is 13.6. The fraction of sp³-hybridized carbons (Fsp3) is 0.348. The van der Waals surface area contributed by atoms with Gasteiger partial charge in [-0.2, -0.15) is 0 Å². The van der Waals surface area contributed by atoms with Crippen LogP contribution in [0.5, 0.6) is 0 Å². The van der Waals surface area contributed by atoms with E-state index in [4.69, 9.17) is 11.6 Å². The Morgan fingerprint density at radius 1 is 1.19 bits per heavy atom. The van der Waals surface area contributed by atoms with Crippen LogP contribution in [0.25, 0.3) is 0 Å². The fourth-order valence-corrected chi connectivity index (χ4v) is 3.88. The number of nitrogens with zero attached hydrogens (tertiary/aromatic N) is 3. The summed E-state index contributed by atoms with van der Waals surface area (Å²) in [7, 11) is 0. The summed E-state index contributed by atoms with van der Waals surface area (Å²) in [6.45, 7) is 2.16. The molecule has 1 aliphatic carbocycles. The molecular weight excluding hydrogens is 421 g/mol. The second kappa shape index (κ2) is 8.67. The molecule has 1 saturated carbocycles. The Morgan fingerprint density at radius 3 is 2.65 bits per heavy atom. The van der Waals surface area contributed by atoms with Crippen molar-refractivity contribution in [3.8, 4) is 0 Å². The summed E-state index contributed by atoms with van der Waals surface area (Å²) in [6, 6.07) is 10.8. The van der Waals surface area contributed by atoms with Crippen molar-refractivity contribution in [1.82, 2.24) is 9.80 Å². The van der Waals surface area contributed by atoms with E-state index in [1.165, 1.54) is 32.9 Å².